The van der Waals surface area contributed by atoms with Gasteiger partial charge < -0.3 is 4.90 Å². The van der Waals surface area contributed by atoms with Crippen LogP contribution in [-0.4, -0.2) is 29.9 Å². The smallest absolute Gasteiger partial charge is 0.240 e. The van der Waals surface area contributed by atoms with Gasteiger partial charge in [-0.15, -0.1) is 11.3 Å². The predicted octanol–water partition coefficient (Wildman–Crippen LogP) is 4.22. The molecule has 0 saturated heterocycles. The van der Waals surface area contributed by atoms with Gasteiger partial charge in [0.1, 0.15) is 5.25 Å². The van der Waals surface area contributed by atoms with E-state index >= 15 is 0 Å². The fourth-order valence-corrected chi connectivity index (χ4v) is 4.53. The molecule has 3 nitrogen and oxygen atoms in total. The number of likely N-dealkylation sites (N-methyl/N-ethyl adjacent to an activating group) is 1. The Labute approximate surface area is 138 Å². The van der Waals surface area contributed by atoms with E-state index in [9.17, 15) is 4.79 Å². The molecule has 0 aliphatic carbocycles. The minimum atomic E-state index is -0.267. The van der Waals surface area contributed by atoms with Crippen LogP contribution in [0.5, 0.6) is 0 Å². The molecule has 3 rings (SSSR count). The number of hydrogen-bond donors (Lipinski definition) is 0. The molecule has 0 unspecified atom stereocenters. The Bertz CT molecular complexity index is 750. The van der Waals surface area contributed by atoms with E-state index in [0.29, 0.717) is 0 Å². The number of amides is 1. The maximum absolute atomic E-state index is 12.5. The average molecular weight is 328 g/mol. The van der Waals surface area contributed by atoms with E-state index in [0.717, 1.165) is 20.1 Å². The van der Waals surface area contributed by atoms with Crippen LogP contribution in [0.2, 0.25) is 0 Å². The molecule has 1 atom stereocenters. The van der Waals surface area contributed by atoms with Gasteiger partial charge in [0.05, 0.1) is 10.2 Å². The Balaban J connectivity index is 1.94. The fraction of sp³-hybridized carbons (Fsp3) is 0.176. The first-order valence-corrected chi connectivity index (χ1v) is 8.63. The van der Waals surface area contributed by atoms with Crippen LogP contribution in [0.25, 0.3) is 10.2 Å². The van der Waals surface area contributed by atoms with Crippen molar-refractivity contribution in [1.82, 2.24) is 9.88 Å². The fourth-order valence-electron chi connectivity index (χ4n) is 2.13. The second-order valence-electron chi connectivity index (χ2n) is 5.09. The molecule has 0 saturated carbocycles. The van der Waals surface area contributed by atoms with Crippen LogP contribution in [0.4, 0.5) is 0 Å². The van der Waals surface area contributed by atoms with Crippen molar-refractivity contribution < 1.29 is 4.79 Å². The zero-order chi connectivity index (χ0) is 15.5. The van der Waals surface area contributed by atoms with E-state index in [4.69, 9.17) is 0 Å². The quantitative estimate of drug-likeness (QED) is 0.672. The number of carbonyl (C=O) groups excluding carboxylic acids is 1. The number of nitrogens with zero attached hydrogens (tertiary/aromatic N) is 2. The van der Waals surface area contributed by atoms with Gasteiger partial charge >= 0.3 is 0 Å². The summed E-state index contributed by atoms with van der Waals surface area (Å²) in [5, 5.41) is -0.267. The van der Waals surface area contributed by atoms with Gasteiger partial charge in [0.15, 0.2) is 4.34 Å². The second-order valence-corrected chi connectivity index (χ2v) is 7.47. The lowest BCUT2D eigenvalue weighted by Crippen LogP contribution is -2.26. The number of carbonyl (C=O) groups is 1. The van der Waals surface area contributed by atoms with Crippen molar-refractivity contribution in [3.05, 3.63) is 60.2 Å². The highest BCUT2D eigenvalue weighted by Gasteiger charge is 2.24. The van der Waals surface area contributed by atoms with Gasteiger partial charge in [-0.05, 0) is 17.7 Å². The van der Waals surface area contributed by atoms with E-state index in [1.54, 1.807) is 30.3 Å². The van der Waals surface area contributed by atoms with Crippen LogP contribution < -0.4 is 0 Å². The van der Waals surface area contributed by atoms with Gasteiger partial charge in [0, 0.05) is 14.1 Å². The SMILES string of the molecule is CN(C)C(=O)[C@@H](Sc1nc2ccccc2s1)c1ccccc1. The number of aromatic nitrogens is 1. The lowest BCUT2D eigenvalue weighted by Gasteiger charge is -2.19. The topological polar surface area (TPSA) is 33.2 Å². The third kappa shape index (κ3) is 3.15. The molecular formula is C17H16N2OS2. The molecule has 0 aliphatic heterocycles. The third-order valence-electron chi connectivity index (χ3n) is 3.26. The van der Waals surface area contributed by atoms with Crippen molar-refractivity contribution in [2.75, 3.05) is 14.1 Å². The van der Waals surface area contributed by atoms with Gasteiger partial charge in [-0.25, -0.2) is 4.98 Å². The molecule has 0 spiro atoms. The standard InChI is InChI=1S/C17H16N2OS2/c1-19(2)16(20)15(12-8-4-3-5-9-12)22-17-18-13-10-6-7-11-14(13)21-17/h3-11,15H,1-2H3/t15-/m0/s1. The minimum absolute atomic E-state index is 0.0791. The largest absolute Gasteiger partial charge is 0.348 e. The van der Waals surface area contributed by atoms with Gasteiger partial charge in [-0.3, -0.25) is 4.79 Å². The number of rotatable bonds is 4. The molecule has 0 bridgehead atoms. The summed E-state index contributed by atoms with van der Waals surface area (Å²) in [6.45, 7) is 0. The first kappa shape index (κ1) is 15.1. The Hall–Kier alpha value is -1.85. The van der Waals surface area contributed by atoms with Crippen LogP contribution in [0.3, 0.4) is 0 Å². The summed E-state index contributed by atoms with van der Waals surface area (Å²) in [6.07, 6.45) is 0. The molecule has 2 aromatic carbocycles. The maximum atomic E-state index is 12.5. The van der Waals surface area contributed by atoms with Crippen molar-refractivity contribution in [2.45, 2.75) is 9.59 Å². The van der Waals surface area contributed by atoms with Gasteiger partial charge in [-0.1, -0.05) is 54.2 Å². The average Bonchev–Trinajstić information content (AvgIpc) is 2.95. The number of hydrogen-bond acceptors (Lipinski definition) is 4. The van der Waals surface area contributed by atoms with Crippen molar-refractivity contribution >= 4 is 39.2 Å². The molecule has 22 heavy (non-hydrogen) atoms. The first-order chi connectivity index (χ1) is 10.6. The highest BCUT2D eigenvalue weighted by Crippen LogP contribution is 2.39. The Morgan fingerprint density at radius 3 is 2.45 bits per heavy atom. The molecule has 1 aromatic heterocycles. The summed E-state index contributed by atoms with van der Waals surface area (Å²) < 4.78 is 2.07. The lowest BCUT2D eigenvalue weighted by molar-refractivity contribution is -0.128. The van der Waals surface area contributed by atoms with Crippen LogP contribution >= 0.6 is 23.1 Å². The Kier molecular flexibility index (Phi) is 4.45. The molecule has 112 valence electrons. The third-order valence-corrected chi connectivity index (χ3v) is 5.63. The highest BCUT2D eigenvalue weighted by molar-refractivity contribution is 8.02. The molecule has 3 aromatic rings. The predicted molar refractivity (Wildman–Crippen MR) is 93.4 cm³/mol. The molecule has 1 amide bonds. The van der Waals surface area contributed by atoms with Crippen LogP contribution in [0, 0.1) is 0 Å². The van der Waals surface area contributed by atoms with E-state index in [1.165, 1.54) is 11.8 Å². The lowest BCUT2D eigenvalue weighted by atomic mass is 10.1. The number of thiazole rings is 1. The van der Waals surface area contributed by atoms with Gasteiger partial charge in [0.25, 0.3) is 0 Å². The summed E-state index contributed by atoms with van der Waals surface area (Å²) in [7, 11) is 3.58. The van der Waals surface area contributed by atoms with E-state index in [1.807, 2.05) is 48.5 Å². The van der Waals surface area contributed by atoms with E-state index < -0.39 is 0 Å². The number of para-hydroxylation sites is 1. The van der Waals surface area contributed by atoms with E-state index in [2.05, 4.69) is 11.1 Å². The number of fused-ring (bicyclic) bond motifs is 1. The summed E-state index contributed by atoms with van der Waals surface area (Å²) >= 11 is 3.15. The van der Waals surface area contributed by atoms with Crippen molar-refractivity contribution in [2.24, 2.45) is 0 Å². The minimum Gasteiger partial charge on any atom is -0.348 e. The summed E-state index contributed by atoms with van der Waals surface area (Å²) in [4.78, 5) is 18.8. The Morgan fingerprint density at radius 2 is 1.77 bits per heavy atom. The zero-order valence-corrected chi connectivity index (χ0v) is 14.0. The monoisotopic (exact) mass is 328 g/mol. The summed E-state index contributed by atoms with van der Waals surface area (Å²) in [5.74, 6) is 0.0791. The molecule has 0 radical (unpaired) electrons. The van der Waals surface area contributed by atoms with Gasteiger partial charge in [0.2, 0.25) is 5.91 Å². The highest BCUT2D eigenvalue weighted by atomic mass is 32.2. The van der Waals surface area contributed by atoms with E-state index in [-0.39, 0.29) is 11.2 Å². The Morgan fingerprint density at radius 1 is 1.09 bits per heavy atom. The van der Waals surface area contributed by atoms with Crippen molar-refractivity contribution in [3.8, 4) is 0 Å². The van der Waals surface area contributed by atoms with Crippen molar-refractivity contribution in [1.29, 1.82) is 0 Å². The normalized spacial score (nSPS) is 12.3. The van der Waals surface area contributed by atoms with Crippen LogP contribution in [0.15, 0.2) is 58.9 Å². The molecule has 1 heterocycles. The van der Waals surface area contributed by atoms with Gasteiger partial charge in [-0.2, -0.15) is 0 Å². The molecule has 0 fully saturated rings. The maximum Gasteiger partial charge on any atom is 0.240 e. The molecule has 0 N–H and O–H groups in total. The molecule has 0 aliphatic rings. The number of thioether (sulfide) groups is 1. The molecule has 5 heteroatoms. The zero-order valence-electron chi connectivity index (χ0n) is 12.4. The summed E-state index contributed by atoms with van der Waals surface area (Å²) in [5.41, 5.74) is 1.99. The first-order valence-electron chi connectivity index (χ1n) is 6.93. The number of benzene rings is 2. The van der Waals surface area contributed by atoms with Crippen LogP contribution in [-0.2, 0) is 4.79 Å². The molecular weight excluding hydrogens is 312 g/mol. The van der Waals surface area contributed by atoms with Crippen molar-refractivity contribution in [3.63, 3.8) is 0 Å². The second kappa shape index (κ2) is 6.50. The summed E-state index contributed by atoms with van der Waals surface area (Å²) in [6, 6.07) is 17.9. The van der Waals surface area contributed by atoms with Crippen LogP contribution in [0.1, 0.15) is 10.8 Å².